The van der Waals surface area contributed by atoms with Crippen molar-refractivity contribution in [2.45, 2.75) is 0 Å². The van der Waals surface area contributed by atoms with Crippen LogP contribution in [0.2, 0.25) is 5.02 Å². The van der Waals surface area contributed by atoms with E-state index in [4.69, 9.17) is 16.7 Å². The predicted molar refractivity (Wildman–Crippen MR) is 86.5 cm³/mol. The molecule has 1 N–H and O–H groups in total. The highest BCUT2D eigenvalue weighted by atomic mass is 35.5. The van der Waals surface area contributed by atoms with Crippen LogP contribution in [0.4, 0.5) is 10.6 Å². The third kappa shape index (κ3) is 3.14. The number of carboxylic acid groups (broad SMARTS) is 1. The molecule has 1 amide bonds. The first-order valence-electron chi connectivity index (χ1n) is 7.08. The van der Waals surface area contributed by atoms with Crippen LogP contribution in [0.3, 0.4) is 0 Å². The zero-order valence-corrected chi connectivity index (χ0v) is 12.7. The van der Waals surface area contributed by atoms with E-state index >= 15 is 0 Å². The summed E-state index contributed by atoms with van der Waals surface area (Å²) in [5.74, 6) is 0.873. The molecule has 1 aliphatic rings. The van der Waals surface area contributed by atoms with E-state index < -0.39 is 6.09 Å². The maximum atomic E-state index is 10.9. The predicted octanol–water partition coefficient (Wildman–Crippen LogP) is 3.20. The van der Waals surface area contributed by atoms with Crippen LogP contribution in [0.15, 0.2) is 42.6 Å². The van der Waals surface area contributed by atoms with Gasteiger partial charge < -0.3 is 14.9 Å². The maximum Gasteiger partial charge on any atom is 0.407 e. The summed E-state index contributed by atoms with van der Waals surface area (Å²) in [6, 6.07) is 11.7. The number of benzene rings is 1. The van der Waals surface area contributed by atoms with E-state index in [-0.39, 0.29) is 0 Å². The number of pyridine rings is 1. The average Bonchev–Trinajstić information content (AvgIpc) is 2.56. The van der Waals surface area contributed by atoms with Crippen molar-refractivity contribution in [2.75, 3.05) is 31.1 Å². The molecule has 6 heteroatoms. The van der Waals surface area contributed by atoms with Crippen molar-refractivity contribution in [1.29, 1.82) is 0 Å². The zero-order valence-electron chi connectivity index (χ0n) is 11.9. The molecule has 2 heterocycles. The minimum absolute atomic E-state index is 0.502. The Balaban J connectivity index is 1.77. The molecule has 1 aromatic carbocycles. The van der Waals surface area contributed by atoms with Crippen molar-refractivity contribution in [2.24, 2.45) is 0 Å². The fourth-order valence-electron chi connectivity index (χ4n) is 2.54. The smallest absolute Gasteiger partial charge is 0.407 e. The van der Waals surface area contributed by atoms with Crippen LogP contribution in [0, 0.1) is 0 Å². The summed E-state index contributed by atoms with van der Waals surface area (Å²) < 4.78 is 0. The van der Waals surface area contributed by atoms with Crippen molar-refractivity contribution >= 4 is 23.5 Å². The highest BCUT2D eigenvalue weighted by Gasteiger charge is 2.21. The number of halogens is 1. The van der Waals surface area contributed by atoms with Crippen molar-refractivity contribution < 1.29 is 9.90 Å². The molecule has 1 aromatic heterocycles. The highest BCUT2D eigenvalue weighted by molar-refractivity contribution is 6.30. The molecule has 0 atom stereocenters. The topological polar surface area (TPSA) is 56.7 Å². The molecular formula is C16H16ClN3O2. The number of piperazine rings is 1. The summed E-state index contributed by atoms with van der Waals surface area (Å²) in [5, 5.41) is 9.70. The second-order valence-corrected chi connectivity index (χ2v) is 5.60. The Morgan fingerprint density at radius 1 is 1.05 bits per heavy atom. The number of hydrogen-bond donors (Lipinski definition) is 1. The molecule has 22 heavy (non-hydrogen) atoms. The van der Waals surface area contributed by atoms with Crippen LogP contribution in [0.1, 0.15) is 0 Å². The van der Waals surface area contributed by atoms with Gasteiger partial charge in [0.1, 0.15) is 5.82 Å². The van der Waals surface area contributed by atoms with E-state index in [0.717, 1.165) is 16.9 Å². The second kappa shape index (κ2) is 6.23. The molecule has 5 nitrogen and oxygen atoms in total. The van der Waals surface area contributed by atoms with Crippen molar-refractivity contribution in [3.05, 3.63) is 47.6 Å². The zero-order chi connectivity index (χ0) is 15.5. The van der Waals surface area contributed by atoms with Gasteiger partial charge in [0.25, 0.3) is 0 Å². The lowest BCUT2D eigenvalue weighted by molar-refractivity contribution is 0.142. The maximum absolute atomic E-state index is 10.9. The van der Waals surface area contributed by atoms with Crippen molar-refractivity contribution in [3.8, 4) is 11.1 Å². The minimum Gasteiger partial charge on any atom is -0.465 e. The van der Waals surface area contributed by atoms with Gasteiger partial charge in [0.05, 0.1) is 0 Å². The molecule has 2 aromatic rings. The van der Waals surface area contributed by atoms with E-state index in [1.165, 1.54) is 4.90 Å². The quantitative estimate of drug-likeness (QED) is 0.924. The van der Waals surface area contributed by atoms with Gasteiger partial charge in [-0.15, -0.1) is 0 Å². The second-order valence-electron chi connectivity index (χ2n) is 5.17. The Morgan fingerprint density at radius 3 is 2.36 bits per heavy atom. The van der Waals surface area contributed by atoms with Gasteiger partial charge >= 0.3 is 6.09 Å². The summed E-state index contributed by atoms with van der Waals surface area (Å²) in [6.07, 6.45) is 0.922. The number of carbonyl (C=O) groups is 1. The van der Waals surface area contributed by atoms with Crippen LogP contribution >= 0.6 is 11.6 Å². The fraction of sp³-hybridized carbons (Fsp3) is 0.250. The lowest BCUT2D eigenvalue weighted by atomic mass is 10.1. The molecule has 0 unspecified atom stereocenters. The van der Waals surface area contributed by atoms with Gasteiger partial charge in [-0.25, -0.2) is 9.78 Å². The summed E-state index contributed by atoms with van der Waals surface area (Å²) in [4.78, 5) is 18.9. The average molecular weight is 318 g/mol. The van der Waals surface area contributed by atoms with Crippen LogP contribution in [0.25, 0.3) is 11.1 Å². The van der Waals surface area contributed by atoms with E-state index in [2.05, 4.69) is 9.88 Å². The molecule has 0 radical (unpaired) electrons. The lowest BCUT2D eigenvalue weighted by Gasteiger charge is -2.33. The monoisotopic (exact) mass is 317 g/mol. The summed E-state index contributed by atoms with van der Waals surface area (Å²) in [6.45, 7) is 2.32. The number of aromatic nitrogens is 1. The Bertz CT molecular complexity index is 667. The molecule has 1 saturated heterocycles. The van der Waals surface area contributed by atoms with Gasteiger partial charge in [-0.1, -0.05) is 23.7 Å². The van der Waals surface area contributed by atoms with Crippen molar-refractivity contribution in [1.82, 2.24) is 9.88 Å². The Labute approximate surface area is 133 Å². The Morgan fingerprint density at radius 2 is 1.73 bits per heavy atom. The largest absolute Gasteiger partial charge is 0.465 e. The molecule has 0 spiro atoms. The van der Waals surface area contributed by atoms with Crippen LogP contribution < -0.4 is 4.90 Å². The van der Waals surface area contributed by atoms with E-state index in [9.17, 15) is 4.79 Å². The first-order chi connectivity index (χ1) is 10.6. The number of hydrogen-bond acceptors (Lipinski definition) is 3. The molecule has 1 fully saturated rings. The number of amides is 1. The SMILES string of the molecule is O=C(O)N1CCN(c2cc(-c3ccc(Cl)cc3)ccn2)CC1. The molecule has 3 rings (SSSR count). The third-order valence-corrected chi connectivity index (χ3v) is 4.05. The third-order valence-electron chi connectivity index (χ3n) is 3.80. The van der Waals surface area contributed by atoms with Gasteiger partial charge in [-0.05, 0) is 35.4 Å². The molecule has 1 aliphatic heterocycles. The minimum atomic E-state index is -0.859. The Hall–Kier alpha value is -2.27. The Kier molecular flexibility index (Phi) is 4.15. The van der Waals surface area contributed by atoms with Gasteiger partial charge in [0.15, 0.2) is 0 Å². The van der Waals surface area contributed by atoms with Gasteiger partial charge in [-0.3, -0.25) is 0 Å². The van der Waals surface area contributed by atoms with Gasteiger partial charge in [0.2, 0.25) is 0 Å². The van der Waals surface area contributed by atoms with E-state index in [1.807, 2.05) is 36.4 Å². The molecular weight excluding hydrogens is 302 g/mol. The van der Waals surface area contributed by atoms with Crippen LogP contribution in [0.5, 0.6) is 0 Å². The van der Waals surface area contributed by atoms with Crippen LogP contribution in [-0.2, 0) is 0 Å². The van der Waals surface area contributed by atoms with Gasteiger partial charge in [0, 0.05) is 37.4 Å². The highest BCUT2D eigenvalue weighted by Crippen LogP contribution is 2.25. The first-order valence-corrected chi connectivity index (χ1v) is 7.46. The number of rotatable bonds is 2. The normalized spacial score (nSPS) is 15.0. The molecule has 0 aliphatic carbocycles. The number of anilines is 1. The fourth-order valence-corrected chi connectivity index (χ4v) is 2.67. The number of nitrogens with zero attached hydrogens (tertiary/aromatic N) is 3. The van der Waals surface area contributed by atoms with Gasteiger partial charge in [-0.2, -0.15) is 0 Å². The summed E-state index contributed by atoms with van der Waals surface area (Å²) >= 11 is 5.92. The standard InChI is InChI=1S/C16H16ClN3O2/c17-14-3-1-12(2-4-14)13-5-6-18-15(11-13)19-7-9-20(10-8-19)16(21)22/h1-6,11H,7-10H2,(H,21,22). The lowest BCUT2D eigenvalue weighted by Crippen LogP contribution is -2.48. The van der Waals surface area contributed by atoms with Crippen molar-refractivity contribution in [3.63, 3.8) is 0 Å². The summed E-state index contributed by atoms with van der Waals surface area (Å²) in [7, 11) is 0. The first kappa shape index (κ1) is 14.7. The molecule has 114 valence electrons. The van der Waals surface area contributed by atoms with Crippen LogP contribution in [-0.4, -0.2) is 47.3 Å². The van der Waals surface area contributed by atoms with E-state index in [1.54, 1.807) is 6.20 Å². The summed E-state index contributed by atoms with van der Waals surface area (Å²) in [5.41, 5.74) is 2.15. The molecule has 0 bridgehead atoms. The van der Waals surface area contributed by atoms with E-state index in [0.29, 0.717) is 31.2 Å². The molecule has 0 saturated carbocycles.